The molecule has 0 amide bonds. The summed E-state index contributed by atoms with van der Waals surface area (Å²) in [5.74, 6) is 0. The molecule has 0 aliphatic rings. The lowest BCUT2D eigenvalue weighted by molar-refractivity contribution is 0.302. The molecule has 0 saturated heterocycles. The molecule has 0 fully saturated rings. The Kier molecular flexibility index (Phi) is 5.01. The molecule has 1 atom stereocenters. The van der Waals surface area contributed by atoms with Crippen LogP contribution in [0.15, 0.2) is 24.3 Å². The van der Waals surface area contributed by atoms with Gasteiger partial charge in [0.1, 0.15) is 0 Å². The number of hydrogen-bond acceptors (Lipinski definition) is 1. The molecule has 0 spiro atoms. The third-order valence-electron chi connectivity index (χ3n) is 3.41. The fourth-order valence-electron chi connectivity index (χ4n) is 2.25. The van der Waals surface area contributed by atoms with Crippen LogP contribution in [-0.4, -0.2) is 6.54 Å². The molecule has 0 saturated carbocycles. The van der Waals surface area contributed by atoms with Crippen LogP contribution in [-0.2, 0) is 12.8 Å². The predicted octanol–water partition coefficient (Wildman–Crippen LogP) is 3.56. The summed E-state index contributed by atoms with van der Waals surface area (Å²) in [4.78, 5) is 0. The van der Waals surface area contributed by atoms with Crippen LogP contribution in [0.25, 0.3) is 0 Å². The molecule has 1 rings (SSSR count). The van der Waals surface area contributed by atoms with Crippen molar-refractivity contribution in [1.29, 1.82) is 0 Å². The van der Waals surface area contributed by atoms with E-state index in [0.717, 1.165) is 19.4 Å². The number of rotatable bonds is 6. The summed E-state index contributed by atoms with van der Waals surface area (Å²) >= 11 is 0. The van der Waals surface area contributed by atoms with Crippen molar-refractivity contribution < 1.29 is 0 Å². The van der Waals surface area contributed by atoms with Gasteiger partial charge in [-0.2, -0.15) is 0 Å². The average molecular weight is 219 g/mol. The molecule has 0 aliphatic heterocycles. The van der Waals surface area contributed by atoms with Crippen molar-refractivity contribution in [3.8, 4) is 0 Å². The average Bonchev–Trinajstić information content (AvgIpc) is 2.30. The summed E-state index contributed by atoms with van der Waals surface area (Å²) in [6, 6.07) is 8.97. The lowest BCUT2D eigenvalue weighted by Crippen LogP contribution is -2.29. The maximum atomic E-state index is 5.90. The Morgan fingerprint density at radius 1 is 1.06 bits per heavy atom. The van der Waals surface area contributed by atoms with Crippen molar-refractivity contribution in [2.75, 3.05) is 6.54 Å². The molecule has 90 valence electrons. The number of hydrogen-bond donors (Lipinski definition) is 1. The lowest BCUT2D eigenvalue weighted by Gasteiger charge is -2.27. The van der Waals surface area contributed by atoms with Crippen molar-refractivity contribution in [2.45, 2.75) is 46.5 Å². The molecule has 0 aromatic heterocycles. The van der Waals surface area contributed by atoms with Gasteiger partial charge in [-0.25, -0.2) is 0 Å². The topological polar surface area (TPSA) is 26.0 Å². The second kappa shape index (κ2) is 6.05. The van der Waals surface area contributed by atoms with Gasteiger partial charge in [-0.1, -0.05) is 51.5 Å². The van der Waals surface area contributed by atoms with E-state index in [2.05, 4.69) is 45.0 Å². The summed E-state index contributed by atoms with van der Waals surface area (Å²) in [6.45, 7) is 7.49. The van der Waals surface area contributed by atoms with E-state index in [1.165, 1.54) is 24.0 Å². The van der Waals surface area contributed by atoms with Gasteiger partial charge in [0, 0.05) is 0 Å². The van der Waals surface area contributed by atoms with Crippen LogP contribution in [0.2, 0.25) is 0 Å². The Morgan fingerprint density at radius 3 is 2.06 bits per heavy atom. The highest BCUT2D eigenvalue weighted by molar-refractivity contribution is 5.23. The first-order valence-electron chi connectivity index (χ1n) is 6.41. The van der Waals surface area contributed by atoms with Gasteiger partial charge in [0.05, 0.1) is 0 Å². The standard InChI is InChI=1S/C15H25N/c1-4-10-15(3,12-16)11-14-8-6-13(5-2)7-9-14/h6-9H,4-5,10-12,16H2,1-3H3. The quantitative estimate of drug-likeness (QED) is 0.778. The fourth-order valence-corrected chi connectivity index (χ4v) is 2.25. The van der Waals surface area contributed by atoms with E-state index in [0.29, 0.717) is 0 Å². The molecule has 1 unspecified atom stereocenters. The zero-order chi connectivity index (χ0) is 12.0. The Morgan fingerprint density at radius 2 is 1.62 bits per heavy atom. The van der Waals surface area contributed by atoms with Gasteiger partial charge in [-0.15, -0.1) is 0 Å². The second-order valence-electron chi connectivity index (χ2n) is 5.11. The van der Waals surface area contributed by atoms with Crippen LogP contribution in [0, 0.1) is 5.41 Å². The van der Waals surface area contributed by atoms with E-state index in [9.17, 15) is 0 Å². The number of nitrogens with two attached hydrogens (primary N) is 1. The SMILES string of the molecule is CCCC(C)(CN)Cc1ccc(CC)cc1. The van der Waals surface area contributed by atoms with Crippen molar-refractivity contribution in [3.63, 3.8) is 0 Å². The van der Waals surface area contributed by atoms with Crippen LogP contribution in [0.1, 0.15) is 44.7 Å². The lowest BCUT2D eigenvalue weighted by atomic mass is 9.80. The highest BCUT2D eigenvalue weighted by Crippen LogP contribution is 2.27. The smallest absolute Gasteiger partial charge is 0.00200 e. The van der Waals surface area contributed by atoms with Gasteiger partial charge in [0.25, 0.3) is 0 Å². The Labute approximate surface area is 100 Å². The van der Waals surface area contributed by atoms with Gasteiger partial charge in [0.15, 0.2) is 0 Å². The Hall–Kier alpha value is -0.820. The summed E-state index contributed by atoms with van der Waals surface area (Å²) in [6.07, 6.45) is 4.63. The van der Waals surface area contributed by atoms with Crippen LogP contribution in [0.5, 0.6) is 0 Å². The van der Waals surface area contributed by atoms with Gasteiger partial charge < -0.3 is 5.73 Å². The van der Waals surface area contributed by atoms with Crippen LogP contribution in [0.4, 0.5) is 0 Å². The van der Waals surface area contributed by atoms with E-state index in [-0.39, 0.29) is 5.41 Å². The molecule has 0 bridgehead atoms. The molecule has 1 aromatic rings. The molecule has 0 heterocycles. The van der Waals surface area contributed by atoms with Crippen molar-refractivity contribution in [2.24, 2.45) is 11.1 Å². The zero-order valence-electron chi connectivity index (χ0n) is 10.9. The van der Waals surface area contributed by atoms with Crippen molar-refractivity contribution in [3.05, 3.63) is 35.4 Å². The molecule has 1 aromatic carbocycles. The second-order valence-corrected chi connectivity index (χ2v) is 5.11. The molecule has 1 heteroatoms. The van der Waals surface area contributed by atoms with Crippen molar-refractivity contribution in [1.82, 2.24) is 0 Å². The summed E-state index contributed by atoms with van der Waals surface area (Å²) in [7, 11) is 0. The summed E-state index contributed by atoms with van der Waals surface area (Å²) in [5.41, 5.74) is 8.99. The highest BCUT2D eigenvalue weighted by atomic mass is 14.6. The first-order valence-corrected chi connectivity index (χ1v) is 6.41. The Balaban J connectivity index is 2.70. The van der Waals surface area contributed by atoms with Crippen LogP contribution >= 0.6 is 0 Å². The van der Waals surface area contributed by atoms with Crippen LogP contribution in [0.3, 0.4) is 0 Å². The van der Waals surface area contributed by atoms with Crippen molar-refractivity contribution >= 4 is 0 Å². The van der Waals surface area contributed by atoms with E-state index >= 15 is 0 Å². The molecule has 1 nitrogen and oxygen atoms in total. The predicted molar refractivity (Wildman–Crippen MR) is 71.6 cm³/mol. The fraction of sp³-hybridized carbons (Fsp3) is 0.600. The van der Waals surface area contributed by atoms with Gasteiger partial charge >= 0.3 is 0 Å². The molecule has 0 aliphatic carbocycles. The van der Waals surface area contributed by atoms with Gasteiger partial charge in [-0.05, 0) is 42.3 Å². The normalized spacial score (nSPS) is 14.8. The minimum absolute atomic E-state index is 0.266. The summed E-state index contributed by atoms with van der Waals surface area (Å²) < 4.78 is 0. The zero-order valence-corrected chi connectivity index (χ0v) is 10.9. The van der Waals surface area contributed by atoms with E-state index in [1.807, 2.05) is 0 Å². The third kappa shape index (κ3) is 3.64. The molecular weight excluding hydrogens is 194 g/mol. The van der Waals surface area contributed by atoms with E-state index < -0.39 is 0 Å². The maximum absolute atomic E-state index is 5.90. The monoisotopic (exact) mass is 219 g/mol. The maximum Gasteiger partial charge on any atom is -0.00200 e. The number of aryl methyl sites for hydroxylation is 1. The molecule has 16 heavy (non-hydrogen) atoms. The largest absolute Gasteiger partial charge is 0.330 e. The third-order valence-corrected chi connectivity index (χ3v) is 3.41. The first-order chi connectivity index (χ1) is 7.63. The summed E-state index contributed by atoms with van der Waals surface area (Å²) in [5, 5.41) is 0. The number of benzene rings is 1. The first kappa shape index (κ1) is 13.2. The van der Waals surface area contributed by atoms with Gasteiger partial charge in [0.2, 0.25) is 0 Å². The van der Waals surface area contributed by atoms with Gasteiger partial charge in [-0.3, -0.25) is 0 Å². The van der Waals surface area contributed by atoms with E-state index in [4.69, 9.17) is 5.73 Å². The Bertz CT molecular complexity index is 302. The molecule has 2 N–H and O–H groups in total. The molecule has 0 radical (unpaired) electrons. The molecular formula is C15H25N. The van der Waals surface area contributed by atoms with Crippen LogP contribution < -0.4 is 5.73 Å². The minimum atomic E-state index is 0.266. The minimum Gasteiger partial charge on any atom is -0.330 e. The highest BCUT2D eigenvalue weighted by Gasteiger charge is 2.21. The van der Waals surface area contributed by atoms with E-state index in [1.54, 1.807) is 0 Å².